The van der Waals surface area contributed by atoms with Crippen LogP contribution >= 0.6 is 11.6 Å². The predicted octanol–water partition coefficient (Wildman–Crippen LogP) is 5.20. The molecule has 4 rings (SSSR count). The van der Waals surface area contributed by atoms with Crippen molar-refractivity contribution in [2.24, 2.45) is 4.99 Å². The molecule has 0 bridgehead atoms. The Morgan fingerprint density at radius 3 is 2.53 bits per heavy atom. The molecule has 0 amide bonds. The Morgan fingerprint density at radius 1 is 1.18 bits per heavy atom. The minimum Gasteiger partial charge on any atom is -0.332 e. The van der Waals surface area contributed by atoms with Gasteiger partial charge in [0, 0.05) is 11.6 Å². The summed E-state index contributed by atoms with van der Waals surface area (Å²) in [5, 5.41) is 21.2. The van der Waals surface area contributed by atoms with E-state index in [1.807, 2.05) is 46.8 Å². The van der Waals surface area contributed by atoms with E-state index >= 15 is 0 Å². The van der Waals surface area contributed by atoms with Gasteiger partial charge in [0.15, 0.2) is 12.0 Å². The number of nitrogens with zero attached hydrogens (tertiary/aromatic N) is 6. The van der Waals surface area contributed by atoms with E-state index in [0.29, 0.717) is 23.8 Å². The summed E-state index contributed by atoms with van der Waals surface area (Å²) in [4.78, 5) is 6.33. The van der Waals surface area contributed by atoms with E-state index in [0.717, 1.165) is 42.2 Å². The average molecular weight is 488 g/mol. The molecule has 1 saturated heterocycles. The average Bonchev–Trinajstić information content (AvgIpc) is 3.42. The lowest BCUT2D eigenvalue weighted by Crippen LogP contribution is -2.39. The number of benzene rings is 2. The number of aromatic nitrogens is 3. The third kappa shape index (κ3) is 5.15. The quantitative estimate of drug-likeness (QED) is 0.237. The minimum absolute atomic E-state index is 0.206. The largest absolute Gasteiger partial charge is 0.416 e. The van der Waals surface area contributed by atoms with E-state index in [4.69, 9.17) is 11.6 Å². The van der Waals surface area contributed by atoms with Gasteiger partial charge in [-0.3, -0.25) is 5.32 Å². The summed E-state index contributed by atoms with van der Waals surface area (Å²) in [6.07, 6.45) is -0.957. The van der Waals surface area contributed by atoms with Gasteiger partial charge < -0.3 is 9.47 Å². The molecule has 1 fully saturated rings. The van der Waals surface area contributed by atoms with Gasteiger partial charge in [0.25, 0.3) is 0 Å². The number of halogens is 4. The summed E-state index contributed by atoms with van der Waals surface area (Å²) in [7, 11) is 0. The first-order chi connectivity index (χ1) is 16.3. The van der Waals surface area contributed by atoms with Crippen molar-refractivity contribution >= 4 is 23.2 Å². The van der Waals surface area contributed by atoms with E-state index in [1.54, 1.807) is 0 Å². The molecule has 1 aromatic heterocycles. The second-order valence-corrected chi connectivity index (χ2v) is 8.32. The van der Waals surface area contributed by atoms with E-state index in [9.17, 15) is 18.4 Å². The van der Waals surface area contributed by atoms with Crippen LogP contribution in [0.15, 0.2) is 53.5 Å². The maximum atomic E-state index is 12.9. The molecule has 7 nitrogen and oxygen atoms in total. The third-order valence-electron chi connectivity index (χ3n) is 5.64. The fourth-order valence-electron chi connectivity index (χ4n) is 3.96. The number of alkyl halides is 3. The van der Waals surface area contributed by atoms with Gasteiger partial charge >= 0.3 is 6.18 Å². The lowest BCUT2D eigenvalue weighted by atomic mass is 10.2. The Kier molecular flexibility index (Phi) is 6.75. The SMILES string of the molecule is Cc1nnc(C2CCCN2C(=Nc2ccc(C(F)(F)F)cc2)NC#N)n1Cc1ccc(Cl)cc1. The van der Waals surface area contributed by atoms with Crippen LogP contribution in [-0.2, 0) is 12.7 Å². The fourth-order valence-corrected chi connectivity index (χ4v) is 4.09. The van der Waals surface area contributed by atoms with Gasteiger partial charge in [-0.2, -0.15) is 18.4 Å². The third-order valence-corrected chi connectivity index (χ3v) is 5.89. The summed E-state index contributed by atoms with van der Waals surface area (Å²) < 4.78 is 40.7. The molecule has 11 heteroatoms. The van der Waals surface area contributed by atoms with Crippen molar-refractivity contribution < 1.29 is 13.2 Å². The highest BCUT2D eigenvalue weighted by atomic mass is 35.5. The van der Waals surface area contributed by atoms with E-state index in [-0.39, 0.29) is 12.0 Å². The Morgan fingerprint density at radius 2 is 1.88 bits per heavy atom. The molecule has 0 aliphatic carbocycles. The Labute approximate surface area is 199 Å². The standard InChI is InChI=1S/C23H21ClF3N7/c1-15-31-32-21(34(15)13-16-4-8-18(24)9-5-16)20-3-2-12-33(20)22(29-14-28)30-19-10-6-17(7-11-19)23(25,26)27/h4-11,20H,2-3,12-13H2,1H3,(H,29,30). The van der Waals surface area contributed by atoms with Crippen LogP contribution in [0.5, 0.6) is 0 Å². The zero-order valence-electron chi connectivity index (χ0n) is 18.2. The van der Waals surface area contributed by atoms with E-state index in [2.05, 4.69) is 20.5 Å². The van der Waals surface area contributed by atoms with Gasteiger partial charge in [-0.25, -0.2) is 4.99 Å². The van der Waals surface area contributed by atoms with Gasteiger partial charge in [-0.1, -0.05) is 23.7 Å². The van der Waals surface area contributed by atoms with Crippen molar-refractivity contribution in [1.82, 2.24) is 25.0 Å². The van der Waals surface area contributed by atoms with Gasteiger partial charge in [0.1, 0.15) is 5.82 Å². The van der Waals surface area contributed by atoms with Crippen molar-refractivity contribution in [2.45, 2.75) is 38.5 Å². The van der Waals surface area contributed by atoms with Crippen LogP contribution in [0.2, 0.25) is 5.02 Å². The zero-order valence-corrected chi connectivity index (χ0v) is 19.0. The minimum atomic E-state index is -4.43. The number of nitrogens with one attached hydrogen (secondary N) is 1. The van der Waals surface area contributed by atoms with Crippen molar-refractivity contribution in [1.29, 1.82) is 5.26 Å². The van der Waals surface area contributed by atoms with Crippen LogP contribution < -0.4 is 5.32 Å². The Bertz CT molecular complexity index is 1210. The number of rotatable bonds is 4. The highest BCUT2D eigenvalue weighted by molar-refractivity contribution is 6.30. The molecule has 1 aliphatic heterocycles. The molecule has 34 heavy (non-hydrogen) atoms. The van der Waals surface area contributed by atoms with Gasteiger partial charge in [0.2, 0.25) is 5.96 Å². The van der Waals surface area contributed by atoms with Crippen LogP contribution in [0.25, 0.3) is 0 Å². The van der Waals surface area contributed by atoms with Crippen LogP contribution in [0.4, 0.5) is 18.9 Å². The molecule has 0 saturated carbocycles. The summed E-state index contributed by atoms with van der Waals surface area (Å²) in [5.74, 6) is 1.72. The monoisotopic (exact) mass is 487 g/mol. The molecule has 1 N–H and O–H groups in total. The van der Waals surface area contributed by atoms with Crippen molar-refractivity contribution in [3.05, 3.63) is 76.3 Å². The number of guanidine groups is 1. The molecule has 3 aromatic rings. The fraction of sp³-hybridized carbons (Fsp3) is 0.304. The lowest BCUT2D eigenvalue weighted by Gasteiger charge is -2.26. The van der Waals surface area contributed by atoms with E-state index < -0.39 is 11.7 Å². The zero-order chi connectivity index (χ0) is 24.3. The summed E-state index contributed by atoms with van der Waals surface area (Å²) >= 11 is 6.00. The summed E-state index contributed by atoms with van der Waals surface area (Å²) in [6.45, 7) is 3.02. The predicted molar refractivity (Wildman–Crippen MR) is 121 cm³/mol. The molecule has 0 radical (unpaired) electrons. The maximum absolute atomic E-state index is 12.9. The number of aliphatic imine (C=N–C) groups is 1. The molecule has 1 atom stereocenters. The Balaban J connectivity index is 1.63. The highest BCUT2D eigenvalue weighted by Crippen LogP contribution is 2.33. The van der Waals surface area contributed by atoms with Crippen LogP contribution in [0.1, 0.15) is 41.7 Å². The first-order valence-corrected chi connectivity index (χ1v) is 11.0. The number of aryl methyl sites for hydroxylation is 1. The van der Waals surface area contributed by atoms with Crippen LogP contribution in [0, 0.1) is 18.4 Å². The molecular weight excluding hydrogens is 467 g/mol. The normalized spacial score (nSPS) is 16.5. The molecule has 2 aromatic carbocycles. The van der Waals surface area contributed by atoms with Crippen molar-refractivity contribution in [2.75, 3.05) is 6.54 Å². The smallest absolute Gasteiger partial charge is 0.332 e. The Hall–Kier alpha value is -3.58. The topological polar surface area (TPSA) is 82.1 Å². The van der Waals surface area contributed by atoms with Crippen LogP contribution in [0.3, 0.4) is 0 Å². The second-order valence-electron chi connectivity index (χ2n) is 7.89. The molecular formula is C23H21ClF3N7. The highest BCUT2D eigenvalue weighted by Gasteiger charge is 2.33. The van der Waals surface area contributed by atoms with Gasteiger partial charge in [-0.15, -0.1) is 10.2 Å². The maximum Gasteiger partial charge on any atom is 0.416 e. The van der Waals surface area contributed by atoms with E-state index in [1.165, 1.54) is 12.1 Å². The second kappa shape index (κ2) is 9.73. The van der Waals surface area contributed by atoms with Crippen molar-refractivity contribution in [3.8, 4) is 6.19 Å². The summed E-state index contributed by atoms with van der Waals surface area (Å²) in [5.41, 5.74) is 0.577. The summed E-state index contributed by atoms with van der Waals surface area (Å²) in [6, 6.07) is 11.8. The number of hydrogen-bond donors (Lipinski definition) is 1. The number of nitriles is 1. The molecule has 0 spiro atoms. The molecule has 2 heterocycles. The molecule has 1 unspecified atom stereocenters. The molecule has 176 valence electrons. The number of hydrogen-bond acceptors (Lipinski definition) is 4. The van der Waals surface area contributed by atoms with Crippen molar-refractivity contribution in [3.63, 3.8) is 0 Å². The van der Waals surface area contributed by atoms with Gasteiger partial charge in [0.05, 0.1) is 23.8 Å². The lowest BCUT2D eigenvalue weighted by molar-refractivity contribution is -0.137. The first-order valence-electron chi connectivity index (χ1n) is 10.6. The number of likely N-dealkylation sites (tertiary alicyclic amines) is 1. The first kappa shape index (κ1) is 23.6. The van der Waals surface area contributed by atoms with Gasteiger partial charge in [-0.05, 0) is 61.7 Å². The molecule has 1 aliphatic rings. The van der Waals surface area contributed by atoms with Crippen LogP contribution in [-0.4, -0.2) is 32.2 Å².